The number of hydrogen-bond acceptors (Lipinski definition) is 5. The lowest BCUT2D eigenvalue weighted by molar-refractivity contribution is -0.123. The first-order chi connectivity index (χ1) is 15.5. The van der Waals surface area contributed by atoms with Crippen LogP contribution >= 0.6 is 0 Å². The molecule has 1 atom stereocenters. The lowest BCUT2D eigenvalue weighted by Crippen LogP contribution is -2.46. The maximum absolute atomic E-state index is 13.2. The van der Waals surface area contributed by atoms with Gasteiger partial charge in [0.15, 0.2) is 0 Å². The predicted molar refractivity (Wildman–Crippen MR) is 119 cm³/mol. The number of carbonyl (C=O) groups is 2. The molecule has 2 heterocycles. The van der Waals surface area contributed by atoms with Crippen molar-refractivity contribution in [3.8, 4) is 11.5 Å². The molecule has 0 saturated carbocycles. The summed E-state index contributed by atoms with van der Waals surface area (Å²) in [5.41, 5.74) is 1.61. The lowest BCUT2D eigenvalue weighted by Gasteiger charge is -2.34. The zero-order valence-electron chi connectivity index (χ0n) is 18.6. The van der Waals surface area contributed by atoms with E-state index in [1.807, 2.05) is 12.1 Å². The first kappa shape index (κ1) is 22.3. The number of methoxy groups -OCH3 is 2. The van der Waals surface area contributed by atoms with E-state index in [1.165, 1.54) is 34.7 Å². The van der Waals surface area contributed by atoms with Crippen molar-refractivity contribution in [3.63, 3.8) is 0 Å². The molecular weight excluding hydrogens is 411 g/mol. The van der Waals surface area contributed by atoms with E-state index in [1.54, 1.807) is 14.2 Å². The van der Waals surface area contributed by atoms with Gasteiger partial charge in [-0.15, -0.1) is 0 Å². The van der Waals surface area contributed by atoms with E-state index in [2.05, 4.69) is 11.0 Å². The van der Waals surface area contributed by atoms with Crippen molar-refractivity contribution in [3.05, 3.63) is 53.8 Å². The average molecular weight is 441 g/mol. The van der Waals surface area contributed by atoms with Crippen LogP contribution in [-0.2, 0) is 16.0 Å². The molecule has 2 aliphatic rings. The Kier molecular flexibility index (Phi) is 6.74. The first-order valence-electron chi connectivity index (χ1n) is 11.1. The Labute approximate surface area is 187 Å². The normalized spacial score (nSPS) is 20.1. The van der Waals surface area contributed by atoms with E-state index < -0.39 is 11.9 Å². The molecule has 0 aromatic heterocycles. The third kappa shape index (κ3) is 4.63. The largest absolute Gasteiger partial charge is 0.497 e. The molecule has 0 aliphatic carbocycles. The Morgan fingerprint density at radius 2 is 1.72 bits per heavy atom. The highest BCUT2D eigenvalue weighted by molar-refractivity contribution is 6.22. The van der Waals surface area contributed by atoms with Gasteiger partial charge in [0.25, 0.3) is 5.91 Å². The van der Waals surface area contributed by atoms with Gasteiger partial charge in [-0.25, -0.2) is 9.29 Å². The van der Waals surface area contributed by atoms with E-state index in [9.17, 15) is 14.0 Å². The molecule has 0 N–H and O–H groups in total. The van der Waals surface area contributed by atoms with E-state index in [4.69, 9.17) is 9.47 Å². The van der Waals surface area contributed by atoms with Gasteiger partial charge in [-0.2, -0.15) is 0 Å². The van der Waals surface area contributed by atoms with Crippen molar-refractivity contribution < 1.29 is 23.5 Å². The molecule has 0 radical (unpaired) electrons. The molecule has 2 aliphatic heterocycles. The van der Waals surface area contributed by atoms with Crippen LogP contribution < -0.4 is 14.4 Å². The molecule has 32 heavy (non-hydrogen) atoms. The molecular formula is C25H29FN2O4. The van der Waals surface area contributed by atoms with Gasteiger partial charge in [0.05, 0.1) is 32.4 Å². The Balaban J connectivity index is 1.32. The van der Waals surface area contributed by atoms with Crippen LogP contribution in [0.3, 0.4) is 0 Å². The first-order valence-corrected chi connectivity index (χ1v) is 11.1. The zero-order valence-corrected chi connectivity index (χ0v) is 18.6. The number of amides is 2. The van der Waals surface area contributed by atoms with Crippen molar-refractivity contribution >= 4 is 17.5 Å². The van der Waals surface area contributed by atoms with Crippen molar-refractivity contribution in [2.24, 2.45) is 5.92 Å². The van der Waals surface area contributed by atoms with Crippen molar-refractivity contribution in [1.82, 2.24) is 4.90 Å². The summed E-state index contributed by atoms with van der Waals surface area (Å²) in [5.74, 6) is 1.38. The number of rotatable bonds is 7. The fourth-order valence-electron chi connectivity index (χ4n) is 4.73. The monoisotopic (exact) mass is 440 g/mol. The summed E-state index contributed by atoms with van der Waals surface area (Å²) in [6.07, 6.45) is 4.15. The summed E-state index contributed by atoms with van der Waals surface area (Å²) in [6, 6.07) is 11.0. The lowest BCUT2D eigenvalue weighted by atomic mass is 9.89. The second-order valence-corrected chi connectivity index (χ2v) is 8.46. The van der Waals surface area contributed by atoms with E-state index in [-0.39, 0.29) is 18.2 Å². The number of likely N-dealkylation sites (tertiary alicyclic amines) is 1. The number of halogens is 1. The topological polar surface area (TPSA) is 59.1 Å². The van der Waals surface area contributed by atoms with Gasteiger partial charge < -0.3 is 9.47 Å². The second kappa shape index (κ2) is 9.69. The predicted octanol–water partition coefficient (Wildman–Crippen LogP) is 3.82. The molecule has 0 unspecified atom stereocenters. The van der Waals surface area contributed by atoms with Gasteiger partial charge in [0.2, 0.25) is 5.91 Å². The van der Waals surface area contributed by atoms with Crippen LogP contribution in [0.2, 0.25) is 0 Å². The van der Waals surface area contributed by atoms with Gasteiger partial charge in [-0.1, -0.05) is 6.07 Å². The smallest absolute Gasteiger partial charge is 0.251 e. The van der Waals surface area contributed by atoms with Crippen molar-refractivity contribution in [2.45, 2.75) is 38.1 Å². The zero-order chi connectivity index (χ0) is 22.7. The number of aryl methyl sites for hydroxylation is 1. The molecule has 0 spiro atoms. The van der Waals surface area contributed by atoms with Crippen LogP contribution in [0.4, 0.5) is 10.1 Å². The van der Waals surface area contributed by atoms with Crippen LogP contribution in [0.25, 0.3) is 0 Å². The summed E-state index contributed by atoms with van der Waals surface area (Å²) in [4.78, 5) is 28.8. The standard InChI is InChI=1S/C25H29FN2O4/c1-31-21-10-5-18(23(15-21)32-2)4-3-17-11-13-27(14-12-17)22-16-24(29)28(25(22)30)20-8-6-19(26)7-9-20/h5-10,15,17,22H,3-4,11-14,16H2,1-2H3/t22-/m0/s1. The van der Waals surface area contributed by atoms with Crippen LogP contribution in [0.5, 0.6) is 11.5 Å². The maximum Gasteiger partial charge on any atom is 0.251 e. The molecule has 170 valence electrons. The van der Waals surface area contributed by atoms with Crippen molar-refractivity contribution in [2.75, 3.05) is 32.2 Å². The van der Waals surface area contributed by atoms with Gasteiger partial charge >= 0.3 is 0 Å². The van der Waals surface area contributed by atoms with E-state index >= 15 is 0 Å². The number of nitrogens with zero attached hydrogens (tertiary/aromatic N) is 2. The minimum atomic E-state index is -0.421. The Morgan fingerprint density at radius 3 is 2.38 bits per heavy atom. The highest BCUT2D eigenvalue weighted by Gasteiger charge is 2.43. The molecule has 2 amide bonds. The number of piperidine rings is 1. The highest BCUT2D eigenvalue weighted by atomic mass is 19.1. The van der Waals surface area contributed by atoms with Gasteiger partial charge in [0, 0.05) is 6.07 Å². The SMILES string of the molecule is COc1ccc(CCC2CCN([C@H]3CC(=O)N(c4ccc(F)cc4)C3=O)CC2)c(OC)c1. The fourth-order valence-corrected chi connectivity index (χ4v) is 4.73. The molecule has 4 rings (SSSR count). The van der Waals surface area contributed by atoms with Crippen LogP contribution in [0.15, 0.2) is 42.5 Å². The minimum Gasteiger partial charge on any atom is -0.497 e. The maximum atomic E-state index is 13.2. The molecule has 6 nitrogen and oxygen atoms in total. The fraction of sp³-hybridized carbons (Fsp3) is 0.440. The summed E-state index contributed by atoms with van der Waals surface area (Å²) >= 11 is 0. The molecule has 0 bridgehead atoms. The molecule has 2 aromatic rings. The molecule has 2 saturated heterocycles. The Morgan fingerprint density at radius 1 is 1.00 bits per heavy atom. The van der Waals surface area contributed by atoms with Crippen molar-refractivity contribution in [1.29, 1.82) is 0 Å². The van der Waals surface area contributed by atoms with E-state index in [0.717, 1.165) is 50.3 Å². The Hall–Kier alpha value is -2.93. The second-order valence-electron chi connectivity index (χ2n) is 8.46. The van der Waals surface area contributed by atoms with Crippen LogP contribution in [0.1, 0.15) is 31.2 Å². The third-order valence-corrected chi connectivity index (χ3v) is 6.61. The average Bonchev–Trinajstić information content (AvgIpc) is 3.12. The molecule has 2 fully saturated rings. The van der Waals surface area contributed by atoms with Gasteiger partial charge in [-0.05, 0) is 80.6 Å². The molecule has 7 heteroatoms. The summed E-state index contributed by atoms with van der Waals surface area (Å²) in [6.45, 7) is 1.59. The van der Waals surface area contributed by atoms with Crippen LogP contribution in [-0.4, -0.2) is 50.1 Å². The summed E-state index contributed by atoms with van der Waals surface area (Å²) in [7, 11) is 3.32. The van der Waals surface area contributed by atoms with E-state index in [0.29, 0.717) is 11.6 Å². The van der Waals surface area contributed by atoms with Gasteiger partial charge in [-0.3, -0.25) is 14.5 Å². The quantitative estimate of drug-likeness (QED) is 0.613. The third-order valence-electron chi connectivity index (χ3n) is 6.61. The number of benzene rings is 2. The Bertz CT molecular complexity index is 970. The van der Waals surface area contributed by atoms with Gasteiger partial charge in [0.1, 0.15) is 17.3 Å². The minimum absolute atomic E-state index is 0.184. The summed E-state index contributed by atoms with van der Waals surface area (Å²) in [5, 5.41) is 0. The molecule has 2 aromatic carbocycles. The number of carbonyl (C=O) groups excluding carboxylic acids is 2. The van der Waals surface area contributed by atoms with Crippen LogP contribution in [0, 0.1) is 11.7 Å². The summed E-state index contributed by atoms with van der Waals surface area (Å²) < 4.78 is 24.0. The number of hydrogen-bond donors (Lipinski definition) is 0. The number of imide groups is 1. The number of anilines is 1. The highest BCUT2D eigenvalue weighted by Crippen LogP contribution is 2.32. The number of ether oxygens (including phenoxy) is 2.